The molecule has 1 aliphatic heterocycles. The number of nitrogens with zero attached hydrogens (tertiary/aromatic N) is 1. The number of carbonyl (C=O) groups excluding carboxylic acids is 2. The standard InChI is InChI=1S/C33H31FN2O3/c1-22-8-6-12-27(18-22)31-30-20-29(39-23(2)32(37)35-21-24-9-7-13-28(34)19-24)15-14-25(30)16-17-36(31)33(38)26-10-4-3-5-11-26/h3-15,18-20,23,31H,16-17,21H2,1-2H3,(H,35,37)/t23-,31+/m0/s1. The molecular weight excluding hydrogens is 491 g/mol. The Labute approximate surface area is 228 Å². The highest BCUT2D eigenvalue weighted by atomic mass is 19.1. The number of halogens is 1. The summed E-state index contributed by atoms with van der Waals surface area (Å²) in [6, 6.07) is 29.2. The number of fused-ring (bicyclic) bond motifs is 1. The van der Waals surface area contributed by atoms with Crippen LogP contribution in [0, 0.1) is 12.7 Å². The third-order valence-electron chi connectivity index (χ3n) is 7.02. The second kappa shape index (κ2) is 11.5. The van der Waals surface area contributed by atoms with Gasteiger partial charge in [-0.2, -0.15) is 0 Å². The van der Waals surface area contributed by atoms with Crippen molar-refractivity contribution in [2.24, 2.45) is 0 Å². The van der Waals surface area contributed by atoms with Crippen molar-refractivity contribution in [2.45, 2.75) is 39.0 Å². The topological polar surface area (TPSA) is 58.6 Å². The average Bonchev–Trinajstić information content (AvgIpc) is 2.95. The van der Waals surface area contributed by atoms with E-state index in [0.29, 0.717) is 23.4 Å². The maximum absolute atomic E-state index is 13.7. The summed E-state index contributed by atoms with van der Waals surface area (Å²) in [6.45, 7) is 4.53. The number of amides is 2. The van der Waals surface area contributed by atoms with Crippen molar-refractivity contribution in [2.75, 3.05) is 6.54 Å². The SMILES string of the molecule is Cc1cccc([C@@H]2c3cc(O[C@@H](C)C(=O)NCc4cccc(F)c4)ccc3CCN2C(=O)c2ccccc2)c1. The maximum Gasteiger partial charge on any atom is 0.261 e. The van der Waals surface area contributed by atoms with E-state index < -0.39 is 6.10 Å². The molecule has 4 aromatic rings. The molecule has 0 saturated carbocycles. The first kappa shape index (κ1) is 26.2. The summed E-state index contributed by atoms with van der Waals surface area (Å²) < 4.78 is 19.5. The zero-order valence-corrected chi connectivity index (χ0v) is 22.1. The maximum atomic E-state index is 13.7. The summed E-state index contributed by atoms with van der Waals surface area (Å²) in [5, 5.41) is 2.81. The van der Waals surface area contributed by atoms with Crippen LogP contribution in [0.25, 0.3) is 0 Å². The van der Waals surface area contributed by atoms with Crippen LogP contribution < -0.4 is 10.1 Å². The van der Waals surface area contributed by atoms with E-state index in [9.17, 15) is 14.0 Å². The summed E-state index contributed by atoms with van der Waals surface area (Å²) in [5.74, 6) is -0.117. The molecule has 1 heterocycles. The second-order valence-corrected chi connectivity index (χ2v) is 9.90. The average molecular weight is 523 g/mol. The van der Waals surface area contributed by atoms with Crippen LogP contribution in [0.2, 0.25) is 0 Å². The molecule has 6 heteroatoms. The van der Waals surface area contributed by atoms with Crippen LogP contribution in [0.3, 0.4) is 0 Å². The Balaban J connectivity index is 1.40. The fraction of sp³-hybridized carbons (Fsp3) is 0.212. The second-order valence-electron chi connectivity index (χ2n) is 9.90. The molecule has 0 aliphatic carbocycles. The lowest BCUT2D eigenvalue weighted by Crippen LogP contribution is -2.40. The van der Waals surface area contributed by atoms with E-state index in [1.165, 1.54) is 12.1 Å². The Kier molecular flexibility index (Phi) is 7.73. The molecule has 5 nitrogen and oxygen atoms in total. The fourth-order valence-corrected chi connectivity index (χ4v) is 5.07. The van der Waals surface area contributed by atoms with E-state index in [2.05, 4.69) is 11.4 Å². The smallest absolute Gasteiger partial charge is 0.261 e. The zero-order chi connectivity index (χ0) is 27.4. The first-order valence-corrected chi connectivity index (χ1v) is 13.1. The Morgan fingerprint density at radius 1 is 0.974 bits per heavy atom. The minimum atomic E-state index is -0.764. The number of hydrogen-bond donors (Lipinski definition) is 1. The quantitative estimate of drug-likeness (QED) is 0.324. The van der Waals surface area contributed by atoms with Gasteiger partial charge in [-0.15, -0.1) is 0 Å². The first-order chi connectivity index (χ1) is 18.9. The van der Waals surface area contributed by atoms with Gasteiger partial charge in [-0.25, -0.2) is 4.39 Å². The molecule has 1 aliphatic rings. The van der Waals surface area contributed by atoms with E-state index >= 15 is 0 Å². The Hall–Kier alpha value is -4.45. The van der Waals surface area contributed by atoms with E-state index in [-0.39, 0.29) is 30.2 Å². The molecule has 198 valence electrons. The normalized spacial score (nSPS) is 15.3. The number of rotatable bonds is 7. The van der Waals surface area contributed by atoms with Crippen molar-refractivity contribution in [1.29, 1.82) is 0 Å². The lowest BCUT2D eigenvalue weighted by Gasteiger charge is -2.38. The van der Waals surface area contributed by atoms with Crippen molar-refractivity contribution in [3.8, 4) is 5.75 Å². The minimum Gasteiger partial charge on any atom is -0.481 e. The van der Waals surface area contributed by atoms with E-state index in [1.54, 1.807) is 19.1 Å². The summed E-state index contributed by atoms with van der Waals surface area (Å²) in [7, 11) is 0. The molecule has 2 atom stereocenters. The molecule has 4 aromatic carbocycles. The molecule has 39 heavy (non-hydrogen) atoms. The number of carbonyl (C=O) groups is 2. The van der Waals surface area contributed by atoms with Crippen molar-refractivity contribution in [3.63, 3.8) is 0 Å². The minimum absolute atomic E-state index is 0.0239. The highest BCUT2D eigenvalue weighted by molar-refractivity contribution is 5.95. The summed E-state index contributed by atoms with van der Waals surface area (Å²) >= 11 is 0. The fourth-order valence-electron chi connectivity index (χ4n) is 5.07. The molecule has 0 fully saturated rings. The van der Waals surface area contributed by atoms with Crippen LogP contribution in [-0.2, 0) is 17.8 Å². The van der Waals surface area contributed by atoms with Crippen LogP contribution in [0.1, 0.15) is 51.1 Å². The predicted octanol–water partition coefficient (Wildman–Crippen LogP) is 6.01. The van der Waals surface area contributed by atoms with Gasteiger partial charge in [0.1, 0.15) is 11.6 Å². The van der Waals surface area contributed by atoms with E-state index in [0.717, 1.165) is 28.7 Å². The molecule has 0 aromatic heterocycles. The Bertz CT molecular complexity index is 1490. The van der Waals surface area contributed by atoms with Gasteiger partial charge in [0, 0.05) is 18.7 Å². The highest BCUT2D eigenvalue weighted by Gasteiger charge is 2.33. The van der Waals surface area contributed by atoms with E-state index in [4.69, 9.17) is 4.74 Å². The van der Waals surface area contributed by atoms with Crippen LogP contribution >= 0.6 is 0 Å². The van der Waals surface area contributed by atoms with Gasteiger partial charge in [0.2, 0.25) is 0 Å². The molecule has 0 bridgehead atoms. The number of ether oxygens (including phenoxy) is 1. The number of benzene rings is 4. The van der Waals surface area contributed by atoms with Gasteiger partial charge in [-0.05, 0) is 78.9 Å². The molecule has 1 N–H and O–H groups in total. The van der Waals surface area contributed by atoms with Gasteiger partial charge in [-0.1, -0.05) is 66.2 Å². The van der Waals surface area contributed by atoms with Gasteiger partial charge < -0.3 is 15.0 Å². The predicted molar refractivity (Wildman–Crippen MR) is 149 cm³/mol. The Morgan fingerprint density at radius 3 is 2.54 bits per heavy atom. The zero-order valence-electron chi connectivity index (χ0n) is 22.1. The monoisotopic (exact) mass is 522 g/mol. The molecule has 0 spiro atoms. The summed E-state index contributed by atoms with van der Waals surface area (Å²) in [5.41, 5.74) is 5.60. The van der Waals surface area contributed by atoms with Crippen LogP contribution in [0.4, 0.5) is 4.39 Å². The number of hydrogen-bond acceptors (Lipinski definition) is 3. The largest absolute Gasteiger partial charge is 0.481 e. The Morgan fingerprint density at radius 2 is 1.77 bits per heavy atom. The highest BCUT2D eigenvalue weighted by Crippen LogP contribution is 2.38. The molecule has 0 unspecified atom stereocenters. The molecule has 2 amide bonds. The van der Waals surface area contributed by atoms with Gasteiger partial charge in [0.05, 0.1) is 6.04 Å². The van der Waals surface area contributed by atoms with Crippen LogP contribution in [0.5, 0.6) is 5.75 Å². The third-order valence-corrected chi connectivity index (χ3v) is 7.02. The van der Waals surface area contributed by atoms with Crippen molar-refractivity contribution < 1.29 is 18.7 Å². The van der Waals surface area contributed by atoms with Gasteiger partial charge >= 0.3 is 0 Å². The lowest BCUT2D eigenvalue weighted by atomic mass is 9.87. The van der Waals surface area contributed by atoms with Gasteiger partial charge in [-0.3, -0.25) is 9.59 Å². The summed E-state index contributed by atoms with van der Waals surface area (Å²) in [4.78, 5) is 28.3. The van der Waals surface area contributed by atoms with Crippen molar-refractivity contribution in [1.82, 2.24) is 10.2 Å². The van der Waals surface area contributed by atoms with E-state index in [1.807, 2.05) is 78.6 Å². The number of aryl methyl sites for hydroxylation is 1. The molecule has 0 radical (unpaired) electrons. The first-order valence-electron chi connectivity index (χ1n) is 13.1. The molecular formula is C33H31FN2O3. The van der Waals surface area contributed by atoms with Gasteiger partial charge in [0.15, 0.2) is 6.10 Å². The van der Waals surface area contributed by atoms with Crippen LogP contribution in [-0.4, -0.2) is 29.4 Å². The lowest BCUT2D eigenvalue weighted by molar-refractivity contribution is -0.127. The van der Waals surface area contributed by atoms with Crippen molar-refractivity contribution in [3.05, 3.63) is 136 Å². The van der Waals surface area contributed by atoms with Crippen LogP contribution in [0.15, 0.2) is 97.1 Å². The number of nitrogens with one attached hydrogen (secondary N) is 1. The van der Waals surface area contributed by atoms with Gasteiger partial charge in [0.25, 0.3) is 11.8 Å². The molecule has 0 saturated heterocycles. The molecule has 5 rings (SSSR count). The third kappa shape index (κ3) is 6.01. The van der Waals surface area contributed by atoms with Crippen molar-refractivity contribution >= 4 is 11.8 Å². The summed E-state index contributed by atoms with van der Waals surface area (Å²) in [6.07, 6.45) is -0.0418.